The molecular weight excluding hydrogens is 404 g/mol. The van der Waals surface area contributed by atoms with Gasteiger partial charge in [-0.05, 0) is 86.2 Å². The summed E-state index contributed by atoms with van der Waals surface area (Å²) in [5, 5.41) is -0.428. The van der Waals surface area contributed by atoms with E-state index >= 15 is 0 Å². The molecular formula is C26H28N2O2S. The van der Waals surface area contributed by atoms with E-state index in [4.69, 9.17) is 4.98 Å². The molecule has 0 spiro atoms. The van der Waals surface area contributed by atoms with Crippen LogP contribution in [0.3, 0.4) is 0 Å². The Morgan fingerprint density at radius 2 is 1.61 bits per heavy atom. The molecule has 4 aromatic rings. The summed E-state index contributed by atoms with van der Waals surface area (Å²) in [5.74, 6) is 0.874. The molecule has 1 heterocycles. The van der Waals surface area contributed by atoms with E-state index in [0.29, 0.717) is 11.3 Å². The van der Waals surface area contributed by atoms with E-state index in [1.54, 1.807) is 26.0 Å². The van der Waals surface area contributed by atoms with Crippen LogP contribution in [0.1, 0.15) is 41.9 Å². The Bertz CT molecular complexity index is 1360. The van der Waals surface area contributed by atoms with Crippen molar-refractivity contribution in [2.75, 3.05) is 0 Å². The van der Waals surface area contributed by atoms with Crippen LogP contribution in [-0.2, 0) is 16.3 Å². The summed E-state index contributed by atoms with van der Waals surface area (Å²) < 4.78 is 24.7. The van der Waals surface area contributed by atoms with Gasteiger partial charge in [0.2, 0.25) is 0 Å². The molecule has 4 nitrogen and oxygen atoms in total. The minimum Gasteiger partial charge on any atom is -0.342 e. The summed E-state index contributed by atoms with van der Waals surface area (Å²) in [4.78, 5) is 8.71. The molecule has 0 aliphatic carbocycles. The van der Waals surface area contributed by atoms with Crippen molar-refractivity contribution in [1.29, 1.82) is 0 Å². The van der Waals surface area contributed by atoms with Gasteiger partial charge in [-0.15, -0.1) is 0 Å². The van der Waals surface area contributed by atoms with E-state index in [-0.39, 0.29) is 0 Å². The third-order valence-electron chi connectivity index (χ3n) is 5.92. The number of hydrogen-bond acceptors (Lipinski definition) is 3. The minimum atomic E-state index is -3.26. The Balaban J connectivity index is 1.69. The number of imidazole rings is 1. The second kappa shape index (κ2) is 7.97. The van der Waals surface area contributed by atoms with Crippen LogP contribution >= 0.6 is 0 Å². The molecule has 0 bridgehead atoms. The Morgan fingerprint density at radius 3 is 2.26 bits per heavy atom. The molecule has 1 aromatic heterocycles. The number of aryl methyl sites for hydroxylation is 3. The van der Waals surface area contributed by atoms with E-state index in [1.165, 1.54) is 27.8 Å². The molecule has 160 valence electrons. The van der Waals surface area contributed by atoms with Gasteiger partial charge in [-0.2, -0.15) is 0 Å². The van der Waals surface area contributed by atoms with Crippen LogP contribution in [0.2, 0.25) is 0 Å². The zero-order chi connectivity index (χ0) is 22.3. The third-order valence-corrected chi connectivity index (χ3v) is 8.10. The van der Waals surface area contributed by atoms with Crippen molar-refractivity contribution in [2.24, 2.45) is 0 Å². The highest BCUT2D eigenvalue weighted by Crippen LogP contribution is 2.34. The molecule has 31 heavy (non-hydrogen) atoms. The smallest absolute Gasteiger partial charge is 0.180 e. The van der Waals surface area contributed by atoms with Crippen LogP contribution in [-0.4, -0.2) is 23.6 Å². The summed E-state index contributed by atoms with van der Waals surface area (Å²) in [6, 6.07) is 17.7. The van der Waals surface area contributed by atoms with Gasteiger partial charge in [0.15, 0.2) is 9.84 Å². The number of H-pyrrole nitrogens is 1. The quantitative estimate of drug-likeness (QED) is 0.425. The number of benzene rings is 3. The normalized spacial score (nSPS) is 12.1. The Kier molecular flexibility index (Phi) is 5.48. The molecule has 0 atom stereocenters. The van der Waals surface area contributed by atoms with Crippen LogP contribution in [0.4, 0.5) is 0 Å². The lowest BCUT2D eigenvalue weighted by molar-refractivity contribution is 0.587. The average Bonchev–Trinajstić information content (AvgIpc) is 3.12. The number of rotatable bonds is 5. The molecule has 1 N–H and O–H groups in total. The van der Waals surface area contributed by atoms with Crippen molar-refractivity contribution < 1.29 is 8.42 Å². The lowest BCUT2D eigenvalue weighted by Crippen LogP contribution is -2.13. The summed E-state index contributed by atoms with van der Waals surface area (Å²) in [5.41, 5.74) is 9.16. The standard InChI is InChI=1S/C26H28N2O2S/c1-16(2)31(29,30)21-12-10-20(11-13-21)15-24-27-23-14-18(4)25(19(5)26(23)28-24)22-9-7-6-8-17(22)3/h6-14,16H,15H2,1-5H3,(H,27,28). The maximum atomic E-state index is 12.3. The third kappa shape index (κ3) is 3.90. The molecule has 0 fully saturated rings. The van der Waals surface area contributed by atoms with E-state index in [0.717, 1.165) is 22.4 Å². The molecule has 0 amide bonds. The van der Waals surface area contributed by atoms with Crippen molar-refractivity contribution in [2.45, 2.75) is 51.2 Å². The molecule has 0 aliphatic rings. The number of aromatic amines is 1. The highest BCUT2D eigenvalue weighted by molar-refractivity contribution is 7.92. The molecule has 0 saturated carbocycles. The van der Waals surface area contributed by atoms with Gasteiger partial charge in [-0.3, -0.25) is 0 Å². The van der Waals surface area contributed by atoms with Crippen molar-refractivity contribution in [3.8, 4) is 11.1 Å². The van der Waals surface area contributed by atoms with Gasteiger partial charge < -0.3 is 4.98 Å². The predicted octanol–water partition coefficient (Wildman–Crippen LogP) is 5.93. The number of nitrogens with zero attached hydrogens (tertiary/aromatic N) is 1. The van der Waals surface area contributed by atoms with Gasteiger partial charge in [-0.25, -0.2) is 13.4 Å². The minimum absolute atomic E-state index is 0.366. The lowest BCUT2D eigenvalue weighted by atomic mass is 9.92. The fourth-order valence-electron chi connectivity index (χ4n) is 4.14. The van der Waals surface area contributed by atoms with Crippen molar-refractivity contribution in [1.82, 2.24) is 9.97 Å². The van der Waals surface area contributed by atoms with E-state index in [1.807, 2.05) is 12.1 Å². The topological polar surface area (TPSA) is 62.8 Å². The fraction of sp³-hybridized carbons (Fsp3) is 0.269. The van der Waals surface area contributed by atoms with Gasteiger partial charge in [0.25, 0.3) is 0 Å². The zero-order valence-corrected chi connectivity index (χ0v) is 19.5. The van der Waals surface area contributed by atoms with Gasteiger partial charge in [0.1, 0.15) is 5.82 Å². The maximum Gasteiger partial charge on any atom is 0.180 e. The van der Waals surface area contributed by atoms with E-state index < -0.39 is 15.1 Å². The maximum absolute atomic E-state index is 12.3. The highest BCUT2D eigenvalue weighted by Gasteiger charge is 2.19. The number of fused-ring (bicyclic) bond motifs is 1. The van der Waals surface area contributed by atoms with Crippen molar-refractivity contribution >= 4 is 20.9 Å². The average molecular weight is 433 g/mol. The van der Waals surface area contributed by atoms with E-state index in [9.17, 15) is 8.42 Å². The second-order valence-electron chi connectivity index (χ2n) is 8.50. The number of aromatic nitrogens is 2. The summed E-state index contributed by atoms with van der Waals surface area (Å²) in [6.45, 7) is 9.81. The predicted molar refractivity (Wildman–Crippen MR) is 127 cm³/mol. The van der Waals surface area contributed by atoms with Gasteiger partial charge in [-0.1, -0.05) is 36.4 Å². The largest absolute Gasteiger partial charge is 0.342 e. The van der Waals surface area contributed by atoms with Gasteiger partial charge >= 0.3 is 0 Å². The Hall–Kier alpha value is -2.92. The van der Waals surface area contributed by atoms with Crippen LogP contribution in [0.15, 0.2) is 59.5 Å². The number of hydrogen-bond donors (Lipinski definition) is 1. The first-order valence-electron chi connectivity index (χ1n) is 10.6. The van der Waals surface area contributed by atoms with E-state index in [2.05, 4.69) is 56.1 Å². The highest BCUT2D eigenvalue weighted by atomic mass is 32.2. The molecule has 0 saturated heterocycles. The van der Waals surface area contributed by atoms with Gasteiger partial charge in [0, 0.05) is 6.42 Å². The first-order valence-corrected chi connectivity index (χ1v) is 12.1. The van der Waals surface area contributed by atoms with Crippen molar-refractivity contribution in [3.63, 3.8) is 0 Å². The van der Waals surface area contributed by atoms with Crippen LogP contribution < -0.4 is 0 Å². The van der Waals surface area contributed by atoms with Crippen LogP contribution in [0.5, 0.6) is 0 Å². The molecule has 4 rings (SSSR count). The lowest BCUT2D eigenvalue weighted by Gasteiger charge is -2.13. The van der Waals surface area contributed by atoms with Crippen molar-refractivity contribution in [3.05, 3.63) is 82.7 Å². The first kappa shape index (κ1) is 21.3. The van der Waals surface area contributed by atoms with Crippen LogP contribution in [0, 0.1) is 20.8 Å². The number of nitrogens with one attached hydrogen (secondary N) is 1. The zero-order valence-electron chi connectivity index (χ0n) is 18.7. The van der Waals surface area contributed by atoms with Crippen LogP contribution in [0.25, 0.3) is 22.2 Å². The Labute approximate surface area is 184 Å². The summed E-state index contributed by atoms with van der Waals surface area (Å²) >= 11 is 0. The summed E-state index contributed by atoms with van der Waals surface area (Å²) in [7, 11) is -3.26. The molecule has 3 aromatic carbocycles. The SMILES string of the molecule is Cc1ccccc1-c1c(C)cc2[nH]c(Cc3ccc(S(=O)(=O)C(C)C)cc3)nc2c1C. The molecule has 0 unspecified atom stereocenters. The molecule has 0 aliphatic heterocycles. The molecule has 5 heteroatoms. The second-order valence-corrected chi connectivity index (χ2v) is 11.0. The Morgan fingerprint density at radius 1 is 0.935 bits per heavy atom. The van der Waals surface area contributed by atoms with Gasteiger partial charge in [0.05, 0.1) is 21.2 Å². The fourth-order valence-corrected chi connectivity index (χ4v) is 5.20. The monoisotopic (exact) mass is 432 g/mol. The molecule has 0 radical (unpaired) electrons. The first-order chi connectivity index (χ1) is 14.7. The number of sulfone groups is 1. The summed E-state index contributed by atoms with van der Waals surface area (Å²) in [6.07, 6.45) is 0.620.